The van der Waals surface area contributed by atoms with E-state index < -0.39 is 0 Å². The molecule has 0 saturated carbocycles. The van der Waals surface area contributed by atoms with Gasteiger partial charge >= 0.3 is 0 Å². The maximum atomic E-state index is 4.28. The van der Waals surface area contributed by atoms with E-state index in [4.69, 9.17) is 0 Å². The highest BCUT2D eigenvalue weighted by Crippen LogP contribution is 2.43. The molecule has 1 aromatic heterocycles. The first-order chi connectivity index (χ1) is 6.32. The fourth-order valence-corrected chi connectivity index (χ4v) is 2.21. The number of rotatable bonds is 0. The molecule has 14 heavy (non-hydrogen) atoms. The van der Waals surface area contributed by atoms with Crippen LogP contribution in [0.4, 0.5) is 0 Å². The lowest BCUT2D eigenvalue weighted by molar-refractivity contribution is 0.424. The van der Waals surface area contributed by atoms with Gasteiger partial charge in [0.15, 0.2) is 0 Å². The number of fused-ring (bicyclic) bond motifs is 1. The van der Waals surface area contributed by atoms with Crippen LogP contribution in [0, 0.1) is 0 Å². The molecule has 0 aliphatic heterocycles. The number of hydrogen-bond acceptors (Lipinski definition) is 2. The third-order valence-electron chi connectivity index (χ3n) is 3.01. The third-order valence-corrected chi connectivity index (χ3v) is 3.01. The zero-order valence-electron chi connectivity index (χ0n) is 9.68. The predicted molar refractivity (Wildman–Crippen MR) is 57.5 cm³/mol. The van der Waals surface area contributed by atoms with Gasteiger partial charge in [-0.15, -0.1) is 0 Å². The molecule has 0 unspecified atom stereocenters. The molecule has 2 rings (SSSR count). The van der Waals surface area contributed by atoms with Gasteiger partial charge in [-0.3, -0.25) is 0 Å². The Morgan fingerprint density at radius 1 is 1.29 bits per heavy atom. The van der Waals surface area contributed by atoms with Crippen molar-refractivity contribution >= 4 is 0 Å². The SMILES string of the molecule is CC(C)(C)c1nncc2c1CC2(C)C. The minimum atomic E-state index is 0.120. The molecule has 0 N–H and O–H groups in total. The highest BCUT2D eigenvalue weighted by atomic mass is 15.1. The van der Waals surface area contributed by atoms with Crippen molar-refractivity contribution in [1.82, 2.24) is 10.2 Å². The summed E-state index contributed by atoms with van der Waals surface area (Å²) in [6, 6.07) is 0. The minimum absolute atomic E-state index is 0.120. The summed E-state index contributed by atoms with van der Waals surface area (Å²) < 4.78 is 0. The van der Waals surface area contributed by atoms with Crippen molar-refractivity contribution in [2.75, 3.05) is 0 Å². The van der Waals surface area contributed by atoms with Gasteiger partial charge in [0, 0.05) is 5.41 Å². The van der Waals surface area contributed by atoms with E-state index in [0.29, 0.717) is 5.41 Å². The summed E-state index contributed by atoms with van der Waals surface area (Å²) in [6.07, 6.45) is 3.07. The Kier molecular flexibility index (Phi) is 1.76. The van der Waals surface area contributed by atoms with Crippen LogP contribution < -0.4 is 0 Å². The summed E-state index contributed by atoms with van der Waals surface area (Å²) >= 11 is 0. The largest absolute Gasteiger partial charge is 0.159 e. The molecule has 1 aliphatic carbocycles. The molecule has 2 nitrogen and oxygen atoms in total. The maximum absolute atomic E-state index is 4.28. The summed E-state index contributed by atoms with van der Waals surface area (Å²) in [6.45, 7) is 11.1. The van der Waals surface area contributed by atoms with Crippen LogP contribution >= 0.6 is 0 Å². The van der Waals surface area contributed by atoms with E-state index in [1.54, 1.807) is 0 Å². The molecule has 0 radical (unpaired) electrons. The number of hydrogen-bond donors (Lipinski definition) is 0. The van der Waals surface area contributed by atoms with Crippen LogP contribution in [-0.4, -0.2) is 10.2 Å². The monoisotopic (exact) mass is 190 g/mol. The van der Waals surface area contributed by atoms with Crippen LogP contribution in [-0.2, 0) is 17.3 Å². The van der Waals surface area contributed by atoms with Crippen LogP contribution in [0.3, 0.4) is 0 Å². The van der Waals surface area contributed by atoms with Crippen LogP contribution in [0.25, 0.3) is 0 Å². The van der Waals surface area contributed by atoms with Crippen molar-refractivity contribution in [3.63, 3.8) is 0 Å². The second-order valence-corrected chi connectivity index (χ2v) is 5.90. The smallest absolute Gasteiger partial charge is 0.0719 e. The summed E-state index contributed by atoms with van der Waals surface area (Å²) in [7, 11) is 0. The molecule has 0 saturated heterocycles. The molecule has 1 aliphatic rings. The second kappa shape index (κ2) is 2.56. The third kappa shape index (κ3) is 1.24. The van der Waals surface area contributed by atoms with Crippen molar-refractivity contribution in [1.29, 1.82) is 0 Å². The topological polar surface area (TPSA) is 25.8 Å². The Labute approximate surface area is 85.8 Å². The molecule has 0 bridgehead atoms. The molecule has 0 aromatic carbocycles. The Balaban J connectivity index is 2.53. The summed E-state index contributed by atoms with van der Waals surface area (Å²) in [5, 5.41) is 8.39. The normalized spacial score (nSPS) is 18.6. The standard InChI is InChI=1S/C12H18N2/c1-11(2,3)10-8-6-12(4,5)9(8)7-13-14-10/h7H,6H2,1-5H3. The van der Waals surface area contributed by atoms with Crippen molar-refractivity contribution in [3.05, 3.63) is 23.0 Å². The lowest BCUT2D eigenvalue weighted by Crippen LogP contribution is -2.36. The lowest BCUT2D eigenvalue weighted by Gasteiger charge is -2.40. The van der Waals surface area contributed by atoms with E-state index in [2.05, 4.69) is 44.8 Å². The highest BCUT2D eigenvalue weighted by molar-refractivity contribution is 5.46. The molecule has 76 valence electrons. The minimum Gasteiger partial charge on any atom is -0.159 e. The van der Waals surface area contributed by atoms with Gasteiger partial charge in [-0.1, -0.05) is 34.6 Å². The van der Waals surface area contributed by atoms with Gasteiger partial charge in [0.2, 0.25) is 0 Å². The summed E-state index contributed by atoms with van der Waals surface area (Å²) in [5.41, 5.74) is 4.42. The van der Waals surface area contributed by atoms with Crippen LogP contribution in [0.2, 0.25) is 0 Å². The van der Waals surface area contributed by atoms with Gasteiger partial charge in [0.1, 0.15) is 0 Å². The van der Waals surface area contributed by atoms with Crippen molar-refractivity contribution in [3.8, 4) is 0 Å². The zero-order valence-corrected chi connectivity index (χ0v) is 9.68. The molecule has 1 heterocycles. The molecular formula is C12H18N2. The van der Waals surface area contributed by atoms with Gasteiger partial charge in [-0.25, -0.2) is 0 Å². The Hall–Kier alpha value is -0.920. The van der Waals surface area contributed by atoms with Gasteiger partial charge in [0.05, 0.1) is 11.9 Å². The first kappa shape index (κ1) is 9.63. The van der Waals surface area contributed by atoms with E-state index in [9.17, 15) is 0 Å². The molecule has 0 amide bonds. The first-order valence-electron chi connectivity index (χ1n) is 5.18. The van der Waals surface area contributed by atoms with E-state index >= 15 is 0 Å². The van der Waals surface area contributed by atoms with E-state index in [-0.39, 0.29) is 5.41 Å². The van der Waals surface area contributed by atoms with Crippen LogP contribution in [0.15, 0.2) is 6.20 Å². The second-order valence-electron chi connectivity index (χ2n) is 5.90. The van der Waals surface area contributed by atoms with Gasteiger partial charge in [-0.05, 0) is 23.0 Å². The van der Waals surface area contributed by atoms with E-state index in [1.165, 1.54) is 16.8 Å². The van der Waals surface area contributed by atoms with Gasteiger partial charge in [-0.2, -0.15) is 10.2 Å². The maximum Gasteiger partial charge on any atom is 0.0719 e. The van der Waals surface area contributed by atoms with Crippen molar-refractivity contribution in [2.24, 2.45) is 0 Å². The van der Waals surface area contributed by atoms with Gasteiger partial charge in [0.25, 0.3) is 0 Å². The fourth-order valence-electron chi connectivity index (χ4n) is 2.21. The lowest BCUT2D eigenvalue weighted by atomic mass is 9.65. The number of nitrogens with zero attached hydrogens (tertiary/aromatic N) is 2. The molecule has 1 aromatic rings. The molecular weight excluding hydrogens is 172 g/mol. The van der Waals surface area contributed by atoms with Crippen LogP contribution in [0.5, 0.6) is 0 Å². The van der Waals surface area contributed by atoms with Gasteiger partial charge < -0.3 is 0 Å². The van der Waals surface area contributed by atoms with E-state index in [0.717, 1.165) is 6.42 Å². The predicted octanol–water partition coefficient (Wildman–Crippen LogP) is 2.61. The Bertz CT molecular complexity index is 372. The zero-order chi connectivity index (χ0) is 10.6. The molecule has 0 spiro atoms. The van der Waals surface area contributed by atoms with E-state index in [1.807, 2.05) is 6.20 Å². The molecule has 0 atom stereocenters. The quantitative estimate of drug-likeness (QED) is 0.628. The average molecular weight is 190 g/mol. The fraction of sp³-hybridized carbons (Fsp3) is 0.667. The number of aromatic nitrogens is 2. The summed E-state index contributed by atoms with van der Waals surface area (Å²) in [5.74, 6) is 0. The Morgan fingerprint density at radius 3 is 2.43 bits per heavy atom. The van der Waals surface area contributed by atoms with Crippen molar-refractivity contribution < 1.29 is 0 Å². The highest BCUT2D eigenvalue weighted by Gasteiger charge is 2.38. The molecule has 2 heteroatoms. The summed E-state index contributed by atoms with van der Waals surface area (Å²) in [4.78, 5) is 0. The Morgan fingerprint density at radius 2 is 1.93 bits per heavy atom. The average Bonchev–Trinajstić information content (AvgIpc) is 2.00. The van der Waals surface area contributed by atoms with Crippen LogP contribution in [0.1, 0.15) is 51.4 Å². The van der Waals surface area contributed by atoms with Crippen molar-refractivity contribution in [2.45, 2.75) is 51.9 Å². The first-order valence-corrected chi connectivity index (χ1v) is 5.18. The molecule has 0 fully saturated rings.